The van der Waals surface area contributed by atoms with Crippen molar-refractivity contribution in [3.05, 3.63) is 29.3 Å². The van der Waals surface area contributed by atoms with Crippen LogP contribution in [0.3, 0.4) is 0 Å². The lowest BCUT2D eigenvalue weighted by molar-refractivity contribution is 0.164. The number of aliphatic hydroxyl groups excluding tert-OH is 1. The lowest BCUT2D eigenvalue weighted by Crippen LogP contribution is -2.24. The van der Waals surface area contributed by atoms with E-state index in [-0.39, 0.29) is 6.04 Å². The van der Waals surface area contributed by atoms with Crippen LogP contribution < -0.4 is 10.5 Å². The van der Waals surface area contributed by atoms with E-state index in [4.69, 9.17) is 10.5 Å². The van der Waals surface area contributed by atoms with Gasteiger partial charge >= 0.3 is 0 Å². The molecule has 1 aromatic carbocycles. The molecule has 1 aromatic rings. The van der Waals surface area contributed by atoms with Crippen molar-refractivity contribution < 1.29 is 9.84 Å². The highest BCUT2D eigenvalue weighted by atomic mass is 16.5. The molecule has 0 aliphatic rings. The largest absolute Gasteiger partial charge is 0.497 e. The van der Waals surface area contributed by atoms with Crippen molar-refractivity contribution in [1.82, 2.24) is 0 Å². The quantitative estimate of drug-likeness (QED) is 0.766. The zero-order chi connectivity index (χ0) is 10.7. The van der Waals surface area contributed by atoms with Crippen LogP contribution in [0.2, 0.25) is 0 Å². The molecular formula is C11H17NO2. The first-order valence-corrected chi connectivity index (χ1v) is 4.64. The van der Waals surface area contributed by atoms with E-state index in [1.54, 1.807) is 14.0 Å². The van der Waals surface area contributed by atoms with Crippen LogP contribution in [0.5, 0.6) is 5.75 Å². The summed E-state index contributed by atoms with van der Waals surface area (Å²) in [7, 11) is 1.61. The number of aryl methyl sites for hydroxylation is 1. The summed E-state index contributed by atoms with van der Waals surface area (Å²) in [5.41, 5.74) is 7.86. The molecule has 0 heterocycles. The molecule has 0 aliphatic heterocycles. The number of ether oxygens (including phenoxy) is 1. The molecule has 0 radical (unpaired) electrons. The molecule has 1 rings (SSSR count). The Kier molecular flexibility index (Phi) is 3.49. The Morgan fingerprint density at radius 1 is 1.43 bits per heavy atom. The second-order valence-electron chi connectivity index (χ2n) is 3.49. The van der Waals surface area contributed by atoms with Crippen LogP contribution in [0, 0.1) is 6.92 Å². The van der Waals surface area contributed by atoms with E-state index in [1.165, 1.54) is 0 Å². The molecule has 0 unspecified atom stereocenters. The Labute approximate surface area is 84.5 Å². The van der Waals surface area contributed by atoms with Crippen LogP contribution in [0.1, 0.15) is 24.1 Å². The summed E-state index contributed by atoms with van der Waals surface area (Å²) >= 11 is 0. The summed E-state index contributed by atoms with van der Waals surface area (Å²) in [6, 6.07) is 5.33. The summed E-state index contributed by atoms with van der Waals surface area (Å²) in [6.07, 6.45) is -0.555. The molecule has 3 N–H and O–H groups in total. The van der Waals surface area contributed by atoms with Crippen molar-refractivity contribution in [2.75, 3.05) is 7.11 Å². The summed E-state index contributed by atoms with van der Waals surface area (Å²) in [4.78, 5) is 0. The number of aliphatic hydroxyl groups is 1. The van der Waals surface area contributed by atoms with E-state index < -0.39 is 6.10 Å². The standard InChI is InChI=1S/C11H17NO2/c1-7-4-5-9(14-3)6-10(7)11(12)8(2)13/h4-6,8,11,13H,12H2,1-3H3/t8-,11-/m1/s1. The Morgan fingerprint density at radius 3 is 2.57 bits per heavy atom. The van der Waals surface area contributed by atoms with E-state index in [0.717, 1.165) is 16.9 Å². The zero-order valence-electron chi connectivity index (χ0n) is 8.82. The number of methoxy groups -OCH3 is 1. The molecule has 0 saturated carbocycles. The van der Waals surface area contributed by atoms with Crippen LogP contribution in [-0.2, 0) is 0 Å². The molecular weight excluding hydrogens is 178 g/mol. The van der Waals surface area contributed by atoms with Crippen LogP contribution in [0.4, 0.5) is 0 Å². The molecule has 0 amide bonds. The highest BCUT2D eigenvalue weighted by molar-refractivity contribution is 5.37. The minimum Gasteiger partial charge on any atom is -0.497 e. The van der Waals surface area contributed by atoms with Crippen LogP contribution in [0.15, 0.2) is 18.2 Å². The Balaban J connectivity index is 3.05. The van der Waals surface area contributed by atoms with Gasteiger partial charge in [0.25, 0.3) is 0 Å². The molecule has 3 heteroatoms. The minimum absolute atomic E-state index is 0.356. The SMILES string of the molecule is COc1ccc(C)c([C@H](N)[C@@H](C)O)c1. The van der Waals surface area contributed by atoms with Crippen molar-refractivity contribution in [2.24, 2.45) is 5.73 Å². The van der Waals surface area contributed by atoms with Gasteiger partial charge in [0.05, 0.1) is 19.3 Å². The summed E-state index contributed by atoms with van der Waals surface area (Å²) in [5, 5.41) is 9.40. The Bertz CT molecular complexity index is 310. The van der Waals surface area contributed by atoms with Crippen LogP contribution in [0.25, 0.3) is 0 Å². The first-order chi connectivity index (χ1) is 6.56. The molecule has 78 valence electrons. The molecule has 0 aliphatic carbocycles. The predicted molar refractivity (Wildman–Crippen MR) is 56.3 cm³/mol. The summed E-state index contributed by atoms with van der Waals surface area (Å²) < 4.78 is 5.10. The van der Waals surface area contributed by atoms with Crippen LogP contribution in [-0.4, -0.2) is 18.3 Å². The third kappa shape index (κ3) is 2.25. The molecule has 3 nitrogen and oxygen atoms in total. The third-order valence-corrected chi connectivity index (χ3v) is 2.37. The molecule has 0 saturated heterocycles. The molecule has 0 aromatic heterocycles. The number of hydrogen-bond acceptors (Lipinski definition) is 3. The maximum Gasteiger partial charge on any atom is 0.119 e. The van der Waals surface area contributed by atoms with Crippen LogP contribution >= 0.6 is 0 Å². The Hall–Kier alpha value is -1.06. The fourth-order valence-corrected chi connectivity index (χ4v) is 1.36. The smallest absolute Gasteiger partial charge is 0.119 e. The van der Waals surface area contributed by atoms with Gasteiger partial charge in [0.2, 0.25) is 0 Å². The Morgan fingerprint density at radius 2 is 2.07 bits per heavy atom. The van der Waals surface area contributed by atoms with Gasteiger partial charge in [-0.05, 0) is 37.1 Å². The van der Waals surface area contributed by atoms with E-state index >= 15 is 0 Å². The topological polar surface area (TPSA) is 55.5 Å². The van der Waals surface area contributed by atoms with Crippen molar-refractivity contribution in [3.8, 4) is 5.75 Å². The fraction of sp³-hybridized carbons (Fsp3) is 0.455. The summed E-state index contributed by atoms with van der Waals surface area (Å²) in [6.45, 7) is 3.65. The van der Waals surface area contributed by atoms with Gasteiger partial charge in [-0.3, -0.25) is 0 Å². The molecule has 0 spiro atoms. The van der Waals surface area contributed by atoms with E-state index in [0.29, 0.717) is 0 Å². The maximum absolute atomic E-state index is 9.40. The third-order valence-electron chi connectivity index (χ3n) is 2.37. The maximum atomic E-state index is 9.40. The number of nitrogens with two attached hydrogens (primary N) is 1. The van der Waals surface area contributed by atoms with Gasteiger partial charge in [0, 0.05) is 0 Å². The van der Waals surface area contributed by atoms with Gasteiger partial charge in [-0.1, -0.05) is 6.07 Å². The second kappa shape index (κ2) is 4.44. The van der Waals surface area contributed by atoms with Gasteiger partial charge < -0.3 is 15.6 Å². The summed E-state index contributed by atoms with van der Waals surface area (Å²) in [5.74, 6) is 0.765. The van der Waals surface area contributed by atoms with Gasteiger partial charge in [0.1, 0.15) is 5.75 Å². The monoisotopic (exact) mass is 195 g/mol. The first kappa shape index (κ1) is 11.0. The second-order valence-corrected chi connectivity index (χ2v) is 3.49. The molecule has 2 atom stereocenters. The van der Waals surface area contributed by atoms with Gasteiger partial charge in [-0.15, -0.1) is 0 Å². The van der Waals surface area contributed by atoms with Crippen molar-refractivity contribution in [2.45, 2.75) is 26.0 Å². The molecule has 0 bridgehead atoms. The highest BCUT2D eigenvalue weighted by Gasteiger charge is 2.14. The van der Waals surface area contributed by atoms with E-state index in [1.807, 2.05) is 25.1 Å². The average Bonchev–Trinajstić information content (AvgIpc) is 2.17. The minimum atomic E-state index is -0.555. The molecule has 0 fully saturated rings. The lowest BCUT2D eigenvalue weighted by Gasteiger charge is -2.18. The zero-order valence-corrected chi connectivity index (χ0v) is 8.82. The van der Waals surface area contributed by atoms with Gasteiger partial charge in [-0.2, -0.15) is 0 Å². The van der Waals surface area contributed by atoms with E-state index in [2.05, 4.69) is 0 Å². The fourth-order valence-electron chi connectivity index (χ4n) is 1.36. The number of rotatable bonds is 3. The van der Waals surface area contributed by atoms with E-state index in [9.17, 15) is 5.11 Å². The van der Waals surface area contributed by atoms with Crippen molar-refractivity contribution >= 4 is 0 Å². The number of hydrogen-bond donors (Lipinski definition) is 2. The normalized spacial score (nSPS) is 14.9. The average molecular weight is 195 g/mol. The number of benzene rings is 1. The van der Waals surface area contributed by atoms with Gasteiger partial charge in [-0.25, -0.2) is 0 Å². The molecule has 14 heavy (non-hydrogen) atoms. The first-order valence-electron chi connectivity index (χ1n) is 4.64. The van der Waals surface area contributed by atoms with Gasteiger partial charge in [0.15, 0.2) is 0 Å². The lowest BCUT2D eigenvalue weighted by atomic mass is 9.98. The van der Waals surface area contributed by atoms with Crippen molar-refractivity contribution in [3.63, 3.8) is 0 Å². The highest BCUT2D eigenvalue weighted by Crippen LogP contribution is 2.23. The predicted octanol–water partition coefficient (Wildman–Crippen LogP) is 1.38. The van der Waals surface area contributed by atoms with Crippen molar-refractivity contribution in [1.29, 1.82) is 0 Å².